The summed E-state index contributed by atoms with van der Waals surface area (Å²) >= 11 is 1.60. The molecule has 13 heavy (non-hydrogen) atoms. The van der Waals surface area contributed by atoms with E-state index in [0.717, 1.165) is 24.7 Å². The molecule has 1 N–H and O–H groups in total. The Bertz CT molecular complexity index is 224. The van der Waals surface area contributed by atoms with Crippen molar-refractivity contribution in [2.75, 3.05) is 25.1 Å². The van der Waals surface area contributed by atoms with Crippen molar-refractivity contribution in [2.45, 2.75) is 6.42 Å². The molecule has 0 fully saturated rings. The van der Waals surface area contributed by atoms with E-state index in [9.17, 15) is 0 Å². The third-order valence-electron chi connectivity index (χ3n) is 1.42. The second-order valence-corrected chi connectivity index (χ2v) is 3.35. The van der Waals surface area contributed by atoms with Crippen LogP contribution in [-0.2, 0) is 4.74 Å². The van der Waals surface area contributed by atoms with Crippen LogP contribution in [0.1, 0.15) is 6.42 Å². The van der Waals surface area contributed by atoms with E-state index < -0.39 is 0 Å². The molecular formula is C9H14N2OS. The van der Waals surface area contributed by atoms with Crippen LogP contribution >= 0.6 is 11.3 Å². The summed E-state index contributed by atoms with van der Waals surface area (Å²) in [5, 5.41) is 6.05. The summed E-state index contributed by atoms with van der Waals surface area (Å²) in [7, 11) is 0. The Balaban J connectivity index is 1.93. The zero-order chi connectivity index (χ0) is 9.36. The lowest BCUT2D eigenvalue weighted by molar-refractivity contribution is 0.149. The van der Waals surface area contributed by atoms with Crippen molar-refractivity contribution in [1.29, 1.82) is 0 Å². The van der Waals surface area contributed by atoms with Gasteiger partial charge in [0.05, 0.1) is 13.2 Å². The van der Waals surface area contributed by atoms with Crippen LogP contribution in [0.25, 0.3) is 0 Å². The molecule has 3 nitrogen and oxygen atoms in total. The molecule has 0 aliphatic carbocycles. The maximum absolute atomic E-state index is 5.32. The average molecular weight is 198 g/mol. The summed E-state index contributed by atoms with van der Waals surface area (Å²) in [5.41, 5.74) is 0. The van der Waals surface area contributed by atoms with E-state index in [1.165, 1.54) is 0 Å². The Morgan fingerprint density at radius 1 is 1.62 bits per heavy atom. The molecule has 1 aromatic heterocycles. The second-order valence-electron chi connectivity index (χ2n) is 2.45. The number of thiazole rings is 1. The highest BCUT2D eigenvalue weighted by Gasteiger charge is 1.92. The lowest BCUT2D eigenvalue weighted by Crippen LogP contribution is -2.09. The highest BCUT2D eigenvalue weighted by molar-refractivity contribution is 7.13. The van der Waals surface area contributed by atoms with Gasteiger partial charge in [-0.1, -0.05) is 6.08 Å². The Morgan fingerprint density at radius 3 is 3.23 bits per heavy atom. The Morgan fingerprint density at radius 2 is 2.54 bits per heavy atom. The minimum Gasteiger partial charge on any atom is -0.379 e. The van der Waals surface area contributed by atoms with Gasteiger partial charge in [0, 0.05) is 18.1 Å². The van der Waals surface area contributed by atoms with Gasteiger partial charge >= 0.3 is 0 Å². The normalized spacial score (nSPS) is 9.85. The van der Waals surface area contributed by atoms with E-state index in [4.69, 9.17) is 4.74 Å². The summed E-state index contributed by atoms with van der Waals surface area (Å²) in [6, 6.07) is 0. The largest absolute Gasteiger partial charge is 0.379 e. The van der Waals surface area contributed by atoms with Crippen LogP contribution in [0.2, 0.25) is 0 Å². The van der Waals surface area contributed by atoms with Gasteiger partial charge in [-0.2, -0.15) is 0 Å². The molecule has 4 heteroatoms. The number of ether oxygens (including phenoxy) is 1. The van der Waals surface area contributed by atoms with Crippen molar-refractivity contribution in [1.82, 2.24) is 4.98 Å². The highest BCUT2D eigenvalue weighted by Crippen LogP contribution is 2.08. The van der Waals surface area contributed by atoms with E-state index >= 15 is 0 Å². The molecule has 72 valence electrons. The fourth-order valence-corrected chi connectivity index (χ4v) is 1.37. The molecule has 1 heterocycles. The van der Waals surface area contributed by atoms with Gasteiger partial charge in [-0.25, -0.2) is 4.98 Å². The van der Waals surface area contributed by atoms with Gasteiger partial charge in [-0.15, -0.1) is 17.9 Å². The molecule has 0 spiro atoms. The van der Waals surface area contributed by atoms with Gasteiger partial charge in [-0.3, -0.25) is 0 Å². The third-order valence-corrected chi connectivity index (χ3v) is 2.15. The van der Waals surface area contributed by atoms with Crippen molar-refractivity contribution < 1.29 is 4.74 Å². The number of nitrogens with one attached hydrogen (secondary N) is 1. The zero-order valence-corrected chi connectivity index (χ0v) is 8.35. The van der Waals surface area contributed by atoms with Crippen LogP contribution in [0.15, 0.2) is 24.2 Å². The predicted molar refractivity (Wildman–Crippen MR) is 56.2 cm³/mol. The lowest BCUT2D eigenvalue weighted by atomic mass is 10.5. The van der Waals surface area contributed by atoms with E-state index in [1.54, 1.807) is 17.5 Å². The summed E-state index contributed by atoms with van der Waals surface area (Å²) in [5.74, 6) is 0. The van der Waals surface area contributed by atoms with Crippen LogP contribution in [0.5, 0.6) is 0 Å². The fourth-order valence-electron chi connectivity index (χ4n) is 0.810. The van der Waals surface area contributed by atoms with Crippen molar-refractivity contribution in [3.05, 3.63) is 24.2 Å². The molecule has 0 saturated heterocycles. The molecular weight excluding hydrogens is 184 g/mol. The van der Waals surface area contributed by atoms with E-state index in [0.29, 0.717) is 6.61 Å². The monoisotopic (exact) mass is 198 g/mol. The molecule has 0 bridgehead atoms. The first-order valence-electron chi connectivity index (χ1n) is 4.25. The molecule has 0 saturated carbocycles. The molecule has 0 aromatic carbocycles. The van der Waals surface area contributed by atoms with Gasteiger partial charge in [0.15, 0.2) is 5.13 Å². The first-order chi connectivity index (χ1) is 6.43. The smallest absolute Gasteiger partial charge is 0.182 e. The molecule has 0 aliphatic heterocycles. The molecule has 1 rings (SSSR count). The number of nitrogens with zero attached hydrogens (tertiary/aromatic N) is 1. The Labute approximate surface area is 82.5 Å². The first kappa shape index (κ1) is 10.2. The lowest BCUT2D eigenvalue weighted by Gasteiger charge is -2.02. The number of anilines is 1. The Hall–Kier alpha value is -0.870. The quantitative estimate of drug-likeness (QED) is 0.538. The van der Waals surface area contributed by atoms with Crippen LogP contribution in [-0.4, -0.2) is 24.7 Å². The molecule has 1 aromatic rings. The standard InChI is InChI=1S/C9H14N2OS/c1-2-3-6-12-7-4-10-9-11-5-8-13-9/h2,5,8H,1,3-4,6-7H2,(H,10,11). The number of aromatic nitrogens is 1. The summed E-state index contributed by atoms with van der Waals surface area (Å²) in [6.07, 6.45) is 4.55. The number of rotatable bonds is 7. The second kappa shape index (κ2) is 6.62. The topological polar surface area (TPSA) is 34.1 Å². The molecule has 0 unspecified atom stereocenters. The van der Waals surface area contributed by atoms with Crippen LogP contribution in [0.3, 0.4) is 0 Å². The van der Waals surface area contributed by atoms with Crippen molar-refractivity contribution in [3.63, 3.8) is 0 Å². The van der Waals surface area contributed by atoms with Gasteiger partial charge in [0.25, 0.3) is 0 Å². The van der Waals surface area contributed by atoms with Crippen LogP contribution < -0.4 is 5.32 Å². The summed E-state index contributed by atoms with van der Waals surface area (Å²) < 4.78 is 5.32. The van der Waals surface area contributed by atoms with Gasteiger partial charge in [-0.05, 0) is 6.42 Å². The summed E-state index contributed by atoms with van der Waals surface area (Å²) in [4.78, 5) is 4.09. The van der Waals surface area contributed by atoms with Crippen LogP contribution in [0.4, 0.5) is 5.13 Å². The van der Waals surface area contributed by atoms with Gasteiger partial charge < -0.3 is 10.1 Å². The van der Waals surface area contributed by atoms with Crippen molar-refractivity contribution in [2.24, 2.45) is 0 Å². The molecule has 0 atom stereocenters. The fraction of sp³-hybridized carbons (Fsp3) is 0.444. The minimum absolute atomic E-state index is 0.716. The molecule has 0 amide bonds. The van der Waals surface area contributed by atoms with E-state index in [-0.39, 0.29) is 0 Å². The maximum Gasteiger partial charge on any atom is 0.182 e. The number of hydrogen-bond acceptors (Lipinski definition) is 4. The maximum atomic E-state index is 5.32. The van der Waals surface area contributed by atoms with Crippen molar-refractivity contribution in [3.8, 4) is 0 Å². The highest BCUT2D eigenvalue weighted by atomic mass is 32.1. The SMILES string of the molecule is C=CCCOCCNc1nccs1. The van der Waals surface area contributed by atoms with Gasteiger partial charge in [0.1, 0.15) is 0 Å². The predicted octanol–water partition coefficient (Wildman–Crippen LogP) is 2.15. The molecule has 0 radical (unpaired) electrons. The summed E-state index contributed by atoms with van der Waals surface area (Å²) in [6.45, 7) is 5.89. The molecule has 0 aliphatic rings. The average Bonchev–Trinajstić information content (AvgIpc) is 2.63. The van der Waals surface area contributed by atoms with Crippen molar-refractivity contribution >= 4 is 16.5 Å². The first-order valence-corrected chi connectivity index (χ1v) is 5.13. The zero-order valence-electron chi connectivity index (χ0n) is 7.53. The minimum atomic E-state index is 0.716. The van der Waals surface area contributed by atoms with Gasteiger partial charge in [0.2, 0.25) is 0 Å². The van der Waals surface area contributed by atoms with Crippen LogP contribution in [0, 0.1) is 0 Å². The number of hydrogen-bond donors (Lipinski definition) is 1. The van der Waals surface area contributed by atoms with E-state index in [1.807, 2.05) is 11.5 Å². The third kappa shape index (κ3) is 4.65. The van der Waals surface area contributed by atoms with E-state index in [2.05, 4.69) is 16.9 Å². The Kier molecular flexibility index (Phi) is 5.20.